The van der Waals surface area contributed by atoms with Crippen molar-refractivity contribution in [3.63, 3.8) is 0 Å². The van der Waals surface area contributed by atoms with Gasteiger partial charge in [-0.3, -0.25) is 4.90 Å². The predicted octanol–water partition coefficient (Wildman–Crippen LogP) is 2.76. The van der Waals surface area contributed by atoms with Crippen LogP contribution in [-0.4, -0.2) is 37.2 Å². The molecule has 1 spiro atoms. The summed E-state index contributed by atoms with van der Waals surface area (Å²) in [7, 11) is 2.26. The van der Waals surface area contributed by atoms with E-state index in [4.69, 9.17) is 4.74 Å². The van der Waals surface area contributed by atoms with Crippen molar-refractivity contribution in [3.05, 3.63) is 35.9 Å². The number of rotatable bonds is 2. The SMILES string of the molecule is CC(C)C1C(c2ccccc2)CN(C)C12COC2. The van der Waals surface area contributed by atoms with Gasteiger partial charge in [0.2, 0.25) is 0 Å². The minimum Gasteiger partial charge on any atom is -0.377 e. The Morgan fingerprint density at radius 1 is 1.22 bits per heavy atom. The minimum atomic E-state index is 0.300. The van der Waals surface area contributed by atoms with Crippen molar-refractivity contribution in [3.8, 4) is 0 Å². The molecule has 1 aromatic carbocycles. The first-order valence-electron chi connectivity index (χ1n) is 6.99. The summed E-state index contributed by atoms with van der Waals surface area (Å²) in [4.78, 5) is 2.54. The van der Waals surface area contributed by atoms with E-state index in [9.17, 15) is 0 Å². The van der Waals surface area contributed by atoms with Crippen LogP contribution in [0.1, 0.15) is 25.3 Å². The van der Waals surface area contributed by atoms with Crippen molar-refractivity contribution in [1.29, 1.82) is 0 Å². The summed E-state index contributed by atoms with van der Waals surface area (Å²) in [6.07, 6.45) is 0. The summed E-state index contributed by atoms with van der Waals surface area (Å²) in [5.41, 5.74) is 1.79. The maximum Gasteiger partial charge on any atom is 0.0713 e. The number of benzene rings is 1. The lowest BCUT2D eigenvalue weighted by Crippen LogP contribution is -2.62. The van der Waals surface area contributed by atoms with Crippen LogP contribution in [0.2, 0.25) is 0 Å². The van der Waals surface area contributed by atoms with Crippen LogP contribution in [0.5, 0.6) is 0 Å². The smallest absolute Gasteiger partial charge is 0.0713 e. The molecule has 2 saturated heterocycles. The third-order valence-corrected chi connectivity index (χ3v) is 4.93. The number of hydrogen-bond acceptors (Lipinski definition) is 2. The van der Waals surface area contributed by atoms with Gasteiger partial charge in [0.25, 0.3) is 0 Å². The summed E-state index contributed by atoms with van der Waals surface area (Å²) in [5, 5.41) is 0. The van der Waals surface area contributed by atoms with Gasteiger partial charge >= 0.3 is 0 Å². The number of nitrogens with zero attached hydrogens (tertiary/aromatic N) is 1. The normalized spacial score (nSPS) is 30.9. The molecule has 2 nitrogen and oxygen atoms in total. The van der Waals surface area contributed by atoms with Crippen LogP contribution in [-0.2, 0) is 4.74 Å². The second-order valence-electron chi connectivity index (χ2n) is 6.26. The largest absolute Gasteiger partial charge is 0.377 e. The van der Waals surface area contributed by atoms with Gasteiger partial charge in [-0.1, -0.05) is 44.2 Å². The van der Waals surface area contributed by atoms with Crippen LogP contribution in [0.15, 0.2) is 30.3 Å². The molecular weight excluding hydrogens is 222 g/mol. The number of ether oxygens (including phenoxy) is 1. The van der Waals surface area contributed by atoms with Gasteiger partial charge in [-0.05, 0) is 24.4 Å². The first-order valence-corrected chi connectivity index (χ1v) is 6.99. The second kappa shape index (κ2) is 4.36. The highest BCUT2D eigenvalue weighted by Crippen LogP contribution is 2.50. The highest BCUT2D eigenvalue weighted by Gasteiger charge is 2.57. The van der Waals surface area contributed by atoms with E-state index in [0.29, 0.717) is 23.3 Å². The number of hydrogen-bond donors (Lipinski definition) is 0. The van der Waals surface area contributed by atoms with Gasteiger partial charge in [-0.25, -0.2) is 0 Å². The zero-order valence-corrected chi connectivity index (χ0v) is 11.6. The van der Waals surface area contributed by atoms with Crippen LogP contribution < -0.4 is 0 Å². The maximum absolute atomic E-state index is 5.55. The fraction of sp³-hybridized carbons (Fsp3) is 0.625. The van der Waals surface area contributed by atoms with Gasteiger partial charge < -0.3 is 4.74 Å². The average molecular weight is 245 g/mol. The third-order valence-electron chi connectivity index (χ3n) is 4.93. The highest BCUT2D eigenvalue weighted by atomic mass is 16.5. The van der Waals surface area contributed by atoms with E-state index in [0.717, 1.165) is 19.8 Å². The van der Waals surface area contributed by atoms with Crippen LogP contribution in [0.4, 0.5) is 0 Å². The molecule has 0 amide bonds. The fourth-order valence-electron chi connectivity index (χ4n) is 4.04. The summed E-state index contributed by atoms with van der Waals surface area (Å²) >= 11 is 0. The van der Waals surface area contributed by atoms with E-state index >= 15 is 0 Å². The Labute approximate surface area is 110 Å². The minimum absolute atomic E-state index is 0.300. The maximum atomic E-state index is 5.55. The van der Waals surface area contributed by atoms with Crippen LogP contribution in [0, 0.1) is 11.8 Å². The predicted molar refractivity (Wildman–Crippen MR) is 73.7 cm³/mol. The average Bonchev–Trinajstić information content (AvgIpc) is 2.63. The van der Waals surface area contributed by atoms with Crippen molar-refractivity contribution in [1.82, 2.24) is 4.90 Å². The summed E-state index contributed by atoms with van der Waals surface area (Å²) in [6, 6.07) is 11.0. The zero-order chi connectivity index (χ0) is 12.8. The lowest BCUT2D eigenvalue weighted by Gasteiger charge is -2.49. The molecule has 18 heavy (non-hydrogen) atoms. The highest BCUT2D eigenvalue weighted by molar-refractivity contribution is 5.26. The number of likely N-dealkylation sites (N-methyl/N-ethyl adjacent to an activating group) is 1. The second-order valence-corrected chi connectivity index (χ2v) is 6.26. The molecule has 0 aliphatic carbocycles. The third kappa shape index (κ3) is 1.63. The van der Waals surface area contributed by atoms with Crippen molar-refractivity contribution in [2.45, 2.75) is 25.3 Å². The van der Waals surface area contributed by atoms with Crippen molar-refractivity contribution < 1.29 is 4.74 Å². The molecule has 0 N–H and O–H groups in total. The van der Waals surface area contributed by atoms with Crippen LogP contribution in [0.25, 0.3) is 0 Å². The molecular formula is C16H23NO. The lowest BCUT2D eigenvalue weighted by atomic mass is 9.70. The van der Waals surface area contributed by atoms with Gasteiger partial charge in [-0.2, -0.15) is 0 Å². The van der Waals surface area contributed by atoms with E-state index in [1.807, 2.05) is 0 Å². The van der Waals surface area contributed by atoms with Crippen LogP contribution >= 0.6 is 0 Å². The summed E-state index contributed by atoms with van der Waals surface area (Å²) < 4.78 is 5.55. The van der Waals surface area contributed by atoms with Gasteiger partial charge in [0, 0.05) is 12.5 Å². The quantitative estimate of drug-likeness (QED) is 0.794. The molecule has 0 radical (unpaired) electrons. The molecule has 2 heteroatoms. The van der Waals surface area contributed by atoms with Crippen molar-refractivity contribution in [2.75, 3.05) is 26.8 Å². The number of likely N-dealkylation sites (tertiary alicyclic amines) is 1. The zero-order valence-electron chi connectivity index (χ0n) is 11.6. The molecule has 2 atom stereocenters. The van der Waals surface area contributed by atoms with Gasteiger partial charge in [-0.15, -0.1) is 0 Å². The van der Waals surface area contributed by atoms with Gasteiger partial charge in [0.05, 0.1) is 18.8 Å². The molecule has 0 aromatic heterocycles. The van der Waals surface area contributed by atoms with Gasteiger partial charge in [0.15, 0.2) is 0 Å². The Morgan fingerprint density at radius 2 is 1.89 bits per heavy atom. The van der Waals surface area contributed by atoms with E-state index in [1.165, 1.54) is 5.56 Å². The first kappa shape index (κ1) is 12.2. The molecule has 0 saturated carbocycles. The molecule has 2 unspecified atom stereocenters. The fourth-order valence-corrected chi connectivity index (χ4v) is 4.04. The van der Waals surface area contributed by atoms with E-state index < -0.39 is 0 Å². The standard InChI is InChI=1S/C16H23NO/c1-12(2)15-14(13-7-5-4-6-8-13)9-17(3)16(15)10-18-11-16/h4-8,12,14-15H,9-11H2,1-3H3. The first-order chi connectivity index (χ1) is 8.65. The molecule has 2 fully saturated rings. The van der Waals surface area contributed by atoms with Crippen molar-refractivity contribution >= 4 is 0 Å². The Balaban J connectivity index is 1.96. The molecule has 2 aliphatic rings. The lowest BCUT2D eigenvalue weighted by molar-refractivity contribution is -0.143. The monoisotopic (exact) mass is 245 g/mol. The molecule has 98 valence electrons. The van der Waals surface area contributed by atoms with Crippen LogP contribution in [0.3, 0.4) is 0 Å². The Hall–Kier alpha value is -0.860. The van der Waals surface area contributed by atoms with Crippen molar-refractivity contribution in [2.24, 2.45) is 11.8 Å². The topological polar surface area (TPSA) is 12.5 Å². The summed E-state index contributed by atoms with van der Waals surface area (Å²) in [6.45, 7) is 7.71. The molecule has 2 heterocycles. The molecule has 3 rings (SSSR count). The molecule has 0 bridgehead atoms. The molecule has 2 aliphatic heterocycles. The Morgan fingerprint density at radius 3 is 2.39 bits per heavy atom. The Kier molecular flexibility index (Phi) is 2.95. The molecule has 1 aromatic rings. The van der Waals surface area contributed by atoms with Gasteiger partial charge in [0.1, 0.15) is 0 Å². The van der Waals surface area contributed by atoms with E-state index in [2.05, 4.69) is 56.1 Å². The summed E-state index contributed by atoms with van der Waals surface area (Å²) in [5.74, 6) is 2.06. The van der Waals surface area contributed by atoms with E-state index in [1.54, 1.807) is 0 Å². The Bertz CT molecular complexity index is 410. The van der Waals surface area contributed by atoms with E-state index in [-0.39, 0.29) is 0 Å².